The molecule has 3 nitrogen and oxygen atoms in total. The fourth-order valence-electron chi connectivity index (χ4n) is 3.61. The van der Waals surface area contributed by atoms with E-state index in [9.17, 15) is 9.90 Å². The van der Waals surface area contributed by atoms with Crippen molar-refractivity contribution in [3.05, 3.63) is 83.0 Å². The molecule has 154 valence electrons. The van der Waals surface area contributed by atoms with Gasteiger partial charge in [0.05, 0.1) is 0 Å². The van der Waals surface area contributed by atoms with Gasteiger partial charge in [0.15, 0.2) is 0 Å². The molecule has 0 bridgehead atoms. The number of benzene rings is 1. The molecule has 1 aliphatic carbocycles. The van der Waals surface area contributed by atoms with Gasteiger partial charge in [-0.3, -0.25) is 4.79 Å². The summed E-state index contributed by atoms with van der Waals surface area (Å²) in [6.07, 6.45) is 15.6. The molecule has 2 rings (SSSR count). The van der Waals surface area contributed by atoms with Crippen LogP contribution in [0.3, 0.4) is 0 Å². The number of rotatable bonds is 6. The van der Waals surface area contributed by atoms with Crippen molar-refractivity contribution in [1.29, 1.82) is 0 Å². The third-order valence-electron chi connectivity index (χ3n) is 5.27. The molecule has 0 aromatic heterocycles. The summed E-state index contributed by atoms with van der Waals surface area (Å²) < 4.78 is 0. The van der Waals surface area contributed by atoms with Crippen LogP contribution in [0.5, 0.6) is 5.75 Å². The molecular formula is C26H33NO2. The van der Waals surface area contributed by atoms with Gasteiger partial charge in [-0.15, -0.1) is 0 Å². The third-order valence-corrected chi connectivity index (χ3v) is 5.27. The van der Waals surface area contributed by atoms with Crippen molar-refractivity contribution < 1.29 is 9.90 Å². The fraction of sp³-hybridized carbons (Fsp3) is 0.346. The first kappa shape index (κ1) is 22.5. The van der Waals surface area contributed by atoms with Crippen molar-refractivity contribution in [2.24, 2.45) is 5.41 Å². The summed E-state index contributed by atoms with van der Waals surface area (Å²) in [5, 5.41) is 12.1. The van der Waals surface area contributed by atoms with Gasteiger partial charge in [-0.05, 0) is 80.9 Å². The molecule has 0 spiro atoms. The number of nitrogens with one attached hydrogen (secondary N) is 1. The van der Waals surface area contributed by atoms with Crippen LogP contribution in [0.15, 0.2) is 83.0 Å². The summed E-state index contributed by atoms with van der Waals surface area (Å²) in [5.41, 5.74) is 5.89. The van der Waals surface area contributed by atoms with Crippen LogP contribution in [0.2, 0.25) is 0 Å². The molecular weight excluding hydrogens is 358 g/mol. The highest BCUT2D eigenvalue weighted by molar-refractivity contribution is 5.99. The Labute approximate surface area is 175 Å². The summed E-state index contributed by atoms with van der Waals surface area (Å²) in [4.78, 5) is 12.1. The molecule has 29 heavy (non-hydrogen) atoms. The third kappa shape index (κ3) is 7.26. The van der Waals surface area contributed by atoms with Gasteiger partial charge >= 0.3 is 0 Å². The van der Waals surface area contributed by atoms with Gasteiger partial charge in [-0.25, -0.2) is 0 Å². The SMILES string of the molecule is CC1=C(\C=C/C(C)=C\C=C\C(C)=C/C(=O)Nc2ccc(O)cc2)C(C)(C)CCC1. The van der Waals surface area contributed by atoms with E-state index in [-0.39, 0.29) is 17.1 Å². The van der Waals surface area contributed by atoms with E-state index in [4.69, 9.17) is 0 Å². The Morgan fingerprint density at radius 1 is 1.10 bits per heavy atom. The van der Waals surface area contributed by atoms with Gasteiger partial charge in [-0.1, -0.05) is 55.4 Å². The number of hydrogen-bond acceptors (Lipinski definition) is 2. The predicted octanol–water partition coefficient (Wildman–Crippen LogP) is 6.86. The van der Waals surface area contributed by atoms with Crippen LogP contribution in [0.1, 0.15) is 53.9 Å². The molecule has 1 aromatic rings. The molecule has 1 aliphatic rings. The zero-order valence-corrected chi connectivity index (χ0v) is 18.3. The van der Waals surface area contributed by atoms with Crippen LogP contribution in [0.25, 0.3) is 0 Å². The number of hydrogen-bond donors (Lipinski definition) is 2. The van der Waals surface area contributed by atoms with Gasteiger partial charge in [0.1, 0.15) is 5.75 Å². The van der Waals surface area contributed by atoms with E-state index < -0.39 is 0 Å². The molecule has 0 atom stereocenters. The number of anilines is 1. The average molecular weight is 392 g/mol. The van der Waals surface area contributed by atoms with Crippen molar-refractivity contribution >= 4 is 11.6 Å². The van der Waals surface area contributed by atoms with Gasteiger partial charge in [0.25, 0.3) is 0 Å². The summed E-state index contributed by atoms with van der Waals surface area (Å²) in [6.45, 7) is 10.9. The minimum atomic E-state index is -0.194. The zero-order valence-electron chi connectivity index (χ0n) is 18.3. The average Bonchev–Trinajstić information content (AvgIpc) is 2.62. The first-order valence-corrected chi connectivity index (χ1v) is 10.2. The Bertz CT molecular complexity index is 878. The molecule has 1 aromatic carbocycles. The van der Waals surface area contributed by atoms with E-state index in [0.29, 0.717) is 5.69 Å². The van der Waals surface area contributed by atoms with Crippen molar-refractivity contribution in [3.63, 3.8) is 0 Å². The van der Waals surface area contributed by atoms with E-state index >= 15 is 0 Å². The second-order valence-electron chi connectivity index (χ2n) is 8.46. The van der Waals surface area contributed by atoms with Crippen LogP contribution < -0.4 is 5.32 Å². The first-order valence-electron chi connectivity index (χ1n) is 10.2. The fourth-order valence-corrected chi connectivity index (χ4v) is 3.61. The highest BCUT2D eigenvalue weighted by Gasteiger charge is 2.26. The number of phenols is 1. The largest absolute Gasteiger partial charge is 0.508 e. The normalized spacial score (nSPS) is 18.0. The summed E-state index contributed by atoms with van der Waals surface area (Å²) in [6, 6.07) is 6.41. The maximum atomic E-state index is 12.1. The number of phenolic OH excluding ortho intramolecular Hbond substituents is 1. The number of allylic oxidation sites excluding steroid dienone is 9. The molecule has 0 radical (unpaired) electrons. The lowest BCUT2D eigenvalue weighted by Crippen LogP contribution is -2.19. The van der Waals surface area contributed by atoms with Crippen molar-refractivity contribution in [3.8, 4) is 5.75 Å². The maximum Gasteiger partial charge on any atom is 0.248 e. The minimum Gasteiger partial charge on any atom is -0.508 e. The Morgan fingerprint density at radius 3 is 2.45 bits per heavy atom. The Morgan fingerprint density at radius 2 is 1.79 bits per heavy atom. The maximum absolute atomic E-state index is 12.1. The van der Waals surface area contributed by atoms with Crippen LogP contribution in [-0.4, -0.2) is 11.0 Å². The zero-order chi connectivity index (χ0) is 21.4. The van der Waals surface area contributed by atoms with Gasteiger partial charge in [0.2, 0.25) is 5.91 Å². The second kappa shape index (κ2) is 10.1. The first-order chi connectivity index (χ1) is 13.7. The van der Waals surface area contributed by atoms with Crippen LogP contribution in [0.4, 0.5) is 5.69 Å². The predicted molar refractivity (Wildman–Crippen MR) is 123 cm³/mol. The Hall–Kier alpha value is -2.81. The molecule has 0 unspecified atom stereocenters. The van der Waals surface area contributed by atoms with E-state index in [2.05, 4.69) is 51.2 Å². The molecule has 0 fully saturated rings. The number of aromatic hydroxyl groups is 1. The highest BCUT2D eigenvalue weighted by atomic mass is 16.3. The van der Waals surface area contributed by atoms with Crippen LogP contribution in [0, 0.1) is 5.41 Å². The Kier molecular flexibility index (Phi) is 7.83. The van der Waals surface area contributed by atoms with Crippen molar-refractivity contribution in [2.45, 2.75) is 53.9 Å². The number of amides is 1. The van der Waals surface area contributed by atoms with E-state index in [0.717, 1.165) is 5.57 Å². The van der Waals surface area contributed by atoms with Crippen LogP contribution >= 0.6 is 0 Å². The molecule has 0 heterocycles. The van der Waals surface area contributed by atoms with E-state index in [1.165, 1.54) is 36.0 Å². The molecule has 0 saturated heterocycles. The van der Waals surface area contributed by atoms with E-state index in [1.54, 1.807) is 30.3 Å². The van der Waals surface area contributed by atoms with Crippen molar-refractivity contribution in [2.75, 3.05) is 5.32 Å². The van der Waals surface area contributed by atoms with Crippen molar-refractivity contribution in [1.82, 2.24) is 0 Å². The quantitative estimate of drug-likeness (QED) is 0.316. The number of carbonyl (C=O) groups is 1. The van der Waals surface area contributed by atoms with Gasteiger partial charge < -0.3 is 10.4 Å². The van der Waals surface area contributed by atoms with Crippen LogP contribution in [-0.2, 0) is 4.79 Å². The topological polar surface area (TPSA) is 49.3 Å². The molecule has 0 saturated carbocycles. The molecule has 1 amide bonds. The smallest absolute Gasteiger partial charge is 0.248 e. The minimum absolute atomic E-state index is 0.173. The Balaban J connectivity index is 1.95. The standard InChI is InChI=1S/C26H33NO2/c1-19(11-16-24-21(3)10-7-17-26(24,4)5)8-6-9-20(2)18-25(29)27-22-12-14-23(28)15-13-22/h6,8-9,11-16,18,28H,7,10,17H2,1-5H3,(H,27,29)/b9-6+,16-11-,19-8-,20-18-. The van der Waals surface area contributed by atoms with Gasteiger partial charge in [0, 0.05) is 11.8 Å². The summed E-state index contributed by atoms with van der Waals surface area (Å²) in [7, 11) is 0. The summed E-state index contributed by atoms with van der Waals surface area (Å²) in [5.74, 6) is -0.0206. The second-order valence-corrected chi connectivity index (χ2v) is 8.46. The lowest BCUT2D eigenvalue weighted by Gasteiger charge is -2.32. The molecule has 0 aliphatic heterocycles. The molecule has 3 heteroatoms. The van der Waals surface area contributed by atoms with E-state index in [1.807, 2.05) is 19.1 Å². The lowest BCUT2D eigenvalue weighted by atomic mass is 9.72. The number of carbonyl (C=O) groups excluding carboxylic acids is 1. The molecule has 2 N–H and O–H groups in total. The van der Waals surface area contributed by atoms with Gasteiger partial charge in [-0.2, -0.15) is 0 Å². The monoisotopic (exact) mass is 391 g/mol. The summed E-state index contributed by atoms with van der Waals surface area (Å²) >= 11 is 0. The lowest BCUT2D eigenvalue weighted by molar-refractivity contribution is -0.111. The highest BCUT2D eigenvalue weighted by Crippen LogP contribution is 2.40.